The van der Waals surface area contributed by atoms with Crippen LogP contribution in [0.5, 0.6) is 0 Å². The summed E-state index contributed by atoms with van der Waals surface area (Å²) in [6.07, 6.45) is 2.94. The van der Waals surface area contributed by atoms with Crippen LogP contribution in [-0.2, 0) is 0 Å². The average molecular weight is 243 g/mol. The summed E-state index contributed by atoms with van der Waals surface area (Å²) in [5.41, 5.74) is 2.08. The Morgan fingerprint density at radius 3 is 3.12 bits per heavy atom. The monoisotopic (exact) mass is 243 g/mol. The Kier molecular flexibility index (Phi) is 2.65. The Balaban J connectivity index is 2.11. The summed E-state index contributed by atoms with van der Waals surface area (Å²) in [4.78, 5) is 8.94. The maximum atomic E-state index is 4.58. The first-order valence-electron chi connectivity index (χ1n) is 5.76. The Labute approximate surface area is 104 Å². The van der Waals surface area contributed by atoms with Crippen molar-refractivity contribution < 1.29 is 0 Å². The van der Waals surface area contributed by atoms with Crippen LogP contribution in [0.15, 0.2) is 30.5 Å². The molecule has 2 aromatic heterocycles. The fourth-order valence-electron chi connectivity index (χ4n) is 1.80. The van der Waals surface area contributed by atoms with Crippen molar-refractivity contribution in [3.63, 3.8) is 0 Å². The van der Waals surface area contributed by atoms with E-state index in [0.717, 1.165) is 34.5 Å². The lowest BCUT2D eigenvalue weighted by molar-refractivity contribution is 0.977. The van der Waals surface area contributed by atoms with E-state index in [0.29, 0.717) is 0 Å². The van der Waals surface area contributed by atoms with E-state index in [9.17, 15) is 0 Å². The van der Waals surface area contributed by atoms with Crippen LogP contribution >= 0.6 is 11.3 Å². The van der Waals surface area contributed by atoms with E-state index >= 15 is 0 Å². The van der Waals surface area contributed by atoms with E-state index in [1.165, 1.54) is 4.70 Å². The van der Waals surface area contributed by atoms with Gasteiger partial charge in [-0.05, 0) is 24.6 Å². The van der Waals surface area contributed by atoms with Crippen molar-refractivity contribution in [2.45, 2.75) is 13.3 Å². The van der Waals surface area contributed by atoms with Gasteiger partial charge in [-0.2, -0.15) is 0 Å². The topological polar surface area (TPSA) is 37.8 Å². The zero-order chi connectivity index (χ0) is 11.7. The molecule has 0 fully saturated rings. The largest absolute Gasteiger partial charge is 0.361 e. The number of anilines is 1. The molecule has 0 saturated carbocycles. The number of hydrogen-bond acceptors (Lipinski definition) is 4. The first-order chi connectivity index (χ1) is 8.36. The van der Waals surface area contributed by atoms with Crippen LogP contribution in [-0.4, -0.2) is 16.5 Å². The number of benzene rings is 1. The first kappa shape index (κ1) is 10.5. The third kappa shape index (κ3) is 1.96. The highest BCUT2D eigenvalue weighted by atomic mass is 32.1. The molecule has 0 bridgehead atoms. The predicted molar refractivity (Wildman–Crippen MR) is 73.7 cm³/mol. The summed E-state index contributed by atoms with van der Waals surface area (Å²) in [7, 11) is 0. The van der Waals surface area contributed by atoms with Gasteiger partial charge < -0.3 is 5.32 Å². The van der Waals surface area contributed by atoms with Crippen LogP contribution in [0.3, 0.4) is 0 Å². The lowest BCUT2D eigenvalue weighted by Gasteiger charge is -1.95. The molecule has 3 aromatic rings. The minimum atomic E-state index is 0.970. The molecule has 0 spiro atoms. The SMILES string of the molecule is CCCNc1nc2cc3cccnc3cc2s1. The normalized spacial score (nSPS) is 11.1. The molecule has 1 N–H and O–H groups in total. The van der Waals surface area contributed by atoms with Crippen molar-refractivity contribution >= 4 is 37.6 Å². The van der Waals surface area contributed by atoms with E-state index in [2.05, 4.69) is 40.4 Å². The molecule has 3 rings (SSSR count). The van der Waals surface area contributed by atoms with Gasteiger partial charge in [-0.25, -0.2) is 4.98 Å². The summed E-state index contributed by atoms with van der Waals surface area (Å²) in [6.45, 7) is 3.12. The smallest absolute Gasteiger partial charge is 0.183 e. The second kappa shape index (κ2) is 4.30. The summed E-state index contributed by atoms with van der Waals surface area (Å²) in [5.74, 6) is 0. The quantitative estimate of drug-likeness (QED) is 0.762. The second-order valence-electron chi connectivity index (χ2n) is 3.96. The van der Waals surface area contributed by atoms with Crippen LogP contribution < -0.4 is 5.32 Å². The Morgan fingerprint density at radius 2 is 2.24 bits per heavy atom. The van der Waals surface area contributed by atoms with Crippen molar-refractivity contribution in [2.75, 3.05) is 11.9 Å². The van der Waals surface area contributed by atoms with E-state index in [4.69, 9.17) is 0 Å². The average Bonchev–Trinajstić information content (AvgIpc) is 2.75. The summed E-state index contributed by atoms with van der Waals surface area (Å²) in [5, 5.41) is 5.47. The van der Waals surface area contributed by atoms with Gasteiger partial charge in [0.05, 0.1) is 15.7 Å². The van der Waals surface area contributed by atoms with E-state index in [-0.39, 0.29) is 0 Å². The molecule has 1 aromatic carbocycles. The van der Waals surface area contributed by atoms with Gasteiger partial charge in [0.1, 0.15) is 0 Å². The van der Waals surface area contributed by atoms with Crippen molar-refractivity contribution in [3.8, 4) is 0 Å². The highest BCUT2D eigenvalue weighted by molar-refractivity contribution is 7.22. The molecule has 0 aliphatic carbocycles. The van der Waals surface area contributed by atoms with Gasteiger partial charge in [0.25, 0.3) is 0 Å². The number of rotatable bonds is 3. The summed E-state index contributed by atoms with van der Waals surface area (Å²) < 4.78 is 1.19. The molecule has 0 radical (unpaired) electrons. The second-order valence-corrected chi connectivity index (χ2v) is 4.99. The molecule has 2 heterocycles. The zero-order valence-electron chi connectivity index (χ0n) is 9.60. The van der Waals surface area contributed by atoms with Crippen molar-refractivity contribution in [3.05, 3.63) is 30.5 Å². The van der Waals surface area contributed by atoms with E-state index < -0.39 is 0 Å². The third-order valence-corrected chi connectivity index (χ3v) is 3.61. The predicted octanol–water partition coefficient (Wildman–Crippen LogP) is 3.67. The number of hydrogen-bond donors (Lipinski definition) is 1. The maximum Gasteiger partial charge on any atom is 0.183 e. The Hall–Kier alpha value is -1.68. The molecule has 17 heavy (non-hydrogen) atoms. The van der Waals surface area contributed by atoms with Gasteiger partial charge >= 0.3 is 0 Å². The van der Waals surface area contributed by atoms with Crippen LogP contribution in [0.1, 0.15) is 13.3 Å². The molecule has 0 saturated heterocycles. The van der Waals surface area contributed by atoms with Crippen molar-refractivity contribution in [1.82, 2.24) is 9.97 Å². The standard InChI is InChI=1S/C13H13N3S/c1-2-5-15-13-16-11-7-9-4-3-6-14-10(9)8-12(11)17-13/h3-4,6-8H,2,5H2,1H3,(H,15,16). The highest BCUT2D eigenvalue weighted by Crippen LogP contribution is 2.29. The molecule has 0 amide bonds. The van der Waals surface area contributed by atoms with Crippen molar-refractivity contribution in [2.24, 2.45) is 0 Å². The Morgan fingerprint density at radius 1 is 1.29 bits per heavy atom. The maximum absolute atomic E-state index is 4.58. The van der Waals surface area contributed by atoms with Gasteiger partial charge in [-0.1, -0.05) is 24.3 Å². The molecule has 3 nitrogen and oxygen atoms in total. The number of thiazole rings is 1. The molecule has 0 unspecified atom stereocenters. The fraction of sp³-hybridized carbons (Fsp3) is 0.231. The molecule has 0 aliphatic heterocycles. The third-order valence-electron chi connectivity index (χ3n) is 2.64. The minimum absolute atomic E-state index is 0.970. The van der Waals surface area contributed by atoms with Crippen LogP contribution in [0.25, 0.3) is 21.1 Å². The van der Waals surface area contributed by atoms with E-state index in [1.54, 1.807) is 11.3 Å². The first-order valence-corrected chi connectivity index (χ1v) is 6.57. The molecule has 0 atom stereocenters. The Bertz CT molecular complexity index is 607. The number of nitrogens with one attached hydrogen (secondary N) is 1. The number of fused-ring (bicyclic) bond motifs is 2. The molecular weight excluding hydrogens is 230 g/mol. The number of nitrogens with zero attached hydrogens (tertiary/aromatic N) is 2. The lowest BCUT2D eigenvalue weighted by atomic mass is 10.2. The fourth-order valence-corrected chi connectivity index (χ4v) is 2.71. The minimum Gasteiger partial charge on any atom is -0.361 e. The highest BCUT2D eigenvalue weighted by Gasteiger charge is 2.05. The zero-order valence-corrected chi connectivity index (χ0v) is 10.4. The molecule has 4 heteroatoms. The molecular formula is C13H13N3S. The molecule has 0 aliphatic rings. The van der Waals surface area contributed by atoms with Crippen LogP contribution in [0.4, 0.5) is 5.13 Å². The van der Waals surface area contributed by atoms with Crippen molar-refractivity contribution in [1.29, 1.82) is 0 Å². The lowest BCUT2D eigenvalue weighted by Crippen LogP contribution is -1.98. The van der Waals surface area contributed by atoms with Gasteiger partial charge in [0.2, 0.25) is 0 Å². The summed E-state index contributed by atoms with van der Waals surface area (Å²) in [6, 6.07) is 8.24. The number of aromatic nitrogens is 2. The summed E-state index contributed by atoms with van der Waals surface area (Å²) >= 11 is 1.69. The van der Waals surface area contributed by atoms with Gasteiger partial charge in [0.15, 0.2) is 5.13 Å². The van der Waals surface area contributed by atoms with E-state index in [1.807, 2.05) is 12.3 Å². The molecule has 86 valence electrons. The van der Waals surface area contributed by atoms with Gasteiger partial charge in [0, 0.05) is 18.1 Å². The van der Waals surface area contributed by atoms with Crippen LogP contribution in [0.2, 0.25) is 0 Å². The van der Waals surface area contributed by atoms with Gasteiger partial charge in [-0.15, -0.1) is 0 Å². The van der Waals surface area contributed by atoms with Crippen LogP contribution in [0, 0.1) is 0 Å². The van der Waals surface area contributed by atoms with Gasteiger partial charge in [-0.3, -0.25) is 4.98 Å². The number of pyridine rings is 1.